The normalized spacial score (nSPS) is 17.7. The molecule has 1 unspecified atom stereocenters. The molecule has 0 spiro atoms. The van der Waals surface area contributed by atoms with Gasteiger partial charge in [0, 0.05) is 32.1 Å². The predicted molar refractivity (Wildman–Crippen MR) is 91.8 cm³/mol. The van der Waals surface area contributed by atoms with Gasteiger partial charge < -0.3 is 15.0 Å². The van der Waals surface area contributed by atoms with Gasteiger partial charge >= 0.3 is 0 Å². The number of hydrogen-bond donors (Lipinski definition) is 1. The van der Waals surface area contributed by atoms with Crippen LogP contribution in [-0.2, 0) is 11.2 Å². The summed E-state index contributed by atoms with van der Waals surface area (Å²) < 4.78 is 5.56. The summed E-state index contributed by atoms with van der Waals surface area (Å²) in [6, 6.07) is 8.49. The van der Waals surface area contributed by atoms with Crippen LogP contribution < -0.4 is 10.1 Å². The Hall–Kier alpha value is -1.26. The lowest BCUT2D eigenvalue weighted by Crippen LogP contribution is -2.51. The van der Waals surface area contributed by atoms with Gasteiger partial charge in [0.1, 0.15) is 5.75 Å². The average molecular weight is 327 g/mol. The lowest BCUT2D eigenvalue weighted by molar-refractivity contribution is -0.132. The van der Waals surface area contributed by atoms with Gasteiger partial charge in [-0.3, -0.25) is 4.79 Å². The molecule has 1 aromatic carbocycles. The van der Waals surface area contributed by atoms with Gasteiger partial charge in [0.15, 0.2) is 0 Å². The van der Waals surface area contributed by atoms with Crippen molar-refractivity contribution in [2.45, 2.75) is 39.2 Å². The van der Waals surface area contributed by atoms with Crippen molar-refractivity contribution in [3.05, 3.63) is 29.8 Å². The Morgan fingerprint density at radius 2 is 2.09 bits per heavy atom. The Balaban J connectivity index is 0.00000242. The van der Waals surface area contributed by atoms with E-state index in [0.29, 0.717) is 12.5 Å². The van der Waals surface area contributed by atoms with Crippen molar-refractivity contribution in [3.8, 4) is 5.75 Å². The molecular weight excluding hydrogens is 300 g/mol. The highest BCUT2D eigenvalue weighted by molar-refractivity contribution is 5.85. The summed E-state index contributed by atoms with van der Waals surface area (Å²) >= 11 is 0. The summed E-state index contributed by atoms with van der Waals surface area (Å²) in [6.45, 7) is 7.51. The van der Waals surface area contributed by atoms with Gasteiger partial charge in [-0.1, -0.05) is 19.1 Å². The minimum Gasteiger partial charge on any atom is -0.494 e. The van der Waals surface area contributed by atoms with Crippen LogP contribution in [0.15, 0.2) is 24.3 Å². The molecule has 0 aliphatic carbocycles. The van der Waals surface area contributed by atoms with Crippen molar-refractivity contribution in [1.29, 1.82) is 0 Å². The molecule has 1 fully saturated rings. The molecule has 1 aromatic rings. The van der Waals surface area contributed by atoms with E-state index in [1.165, 1.54) is 5.56 Å². The summed E-state index contributed by atoms with van der Waals surface area (Å²) in [5, 5.41) is 3.36. The van der Waals surface area contributed by atoms with Gasteiger partial charge in [-0.05, 0) is 37.5 Å². The van der Waals surface area contributed by atoms with Gasteiger partial charge in [0.2, 0.25) is 5.91 Å². The first kappa shape index (κ1) is 18.8. The number of benzene rings is 1. The smallest absolute Gasteiger partial charge is 0.222 e. The first-order valence-electron chi connectivity index (χ1n) is 7.92. The number of hydrogen-bond acceptors (Lipinski definition) is 3. The lowest BCUT2D eigenvalue weighted by atomic mass is 10.1. The van der Waals surface area contributed by atoms with Crippen LogP contribution in [0, 0.1) is 0 Å². The summed E-state index contributed by atoms with van der Waals surface area (Å²) in [7, 11) is 0. The van der Waals surface area contributed by atoms with Crippen LogP contribution in [0.5, 0.6) is 5.75 Å². The van der Waals surface area contributed by atoms with Crippen LogP contribution in [0.4, 0.5) is 0 Å². The highest BCUT2D eigenvalue weighted by Crippen LogP contribution is 2.14. The van der Waals surface area contributed by atoms with Crippen molar-refractivity contribution in [3.63, 3.8) is 0 Å². The fourth-order valence-corrected chi connectivity index (χ4v) is 2.54. The number of halogens is 1. The number of nitrogens with zero attached hydrogens (tertiary/aromatic N) is 1. The molecule has 1 heterocycles. The molecule has 0 bridgehead atoms. The minimum atomic E-state index is 0. The molecule has 4 nitrogen and oxygen atoms in total. The summed E-state index contributed by atoms with van der Waals surface area (Å²) in [5.74, 6) is 1.16. The highest BCUT2D eigenvalue weighted by atomic mass is 35.5. The minimum absolute atomic E-state index is 0. The zero-order valence-corrected chi connectivity index (χ0v) is 14.3. The number of ether oxygens (including phenoxy) is 1. The summed E-state index contributed by atoms with van der Waals surface area (Å²) in [6.07, 6.45) is 2.40. The van der Waals surface area contributed by atoms with Crippen molar-refractivity contribution in [2.75, 3.05) is 26.2 Å². The van der Waals surface area contributed by atoms with Gasteiger partial charge in [-0.25, -0.2) is 0 Å². The first-order valence-corrected chi connectivity index (χ1v) is 7.92. The van der Waals surface area contributed by atoms with Crippen molar-refractivity contribution in [2.24, 2.45) is 0 Å². The number of carbonyl (C=O) groups excluding carboxylic acids is 1. The van der Waals surface area contributed by atoms with E-state index in [9.17, 15) is 4.79 Å². The Bertz CT molecular complexity index is 450. The van der Waals surface area contributed by atoms with E-state index in [4.69, 9.17) is 4.74 Å². The number of rotatable bonds is 6. The van der Waals surface area contributed by atoms with E-state index in [0.717, 1.165) is 44.8 Å². The number of amides is 1. The summed E-state index contributed by atoms with van der Waals surface area (Å²) in [5.41, 5.74) is 1.19. The molecule has 1 N–H and O–H groups in total. The maximum atomic E-state index is 12.2. The van der Waals surface area contributed by atoms with E-state index >= 15 is 0 Å². The Morgan fingerprint density at radius 1 is 1.36 bits per heavy atom. The molecule has 1 amide bonds. The van der Waals surface area contributed by atoms with Gasteiger partial charge in [0.25, 0.3) is 0 Å². The Morgan fingerprint density at radius 3 is 2.73 bits per heavy atom. The van der Waals surface area contributed by atoms with Crippen molar-refractivity contribution < 1.29 is 9.53 Å². The number of aryl methyl sites for hydroxylation is 1. The molecule has 1 atom stereocenters. The van der Waals surface area contributed by atoms with E-state index in [-0.39, 0.29) is 18.3 Å². The van der Waals surface area contributed by atoms with E-state index in [1.807, 2.05) is 17.0 Å². The van der Waals surface area contributed by atoms with Gasteiger partial charge in [0.05, 0.1) is 6.61 Å². The van der Waals surface area contributed by atoms with E-state index in [2.05, 4.69) is 31.3 Å². The van der Waals surface area contributed by atoms with Crippen LogP contribution in [0.1, 0.15) is 32.3 Å². The number of nitrogens with one attached hydrogen (secondary N) is 1. The molecule has 0 aromatic heterocycles. The van der Waals surface area contributed by atoms with Crippen LogP contribution in [0.2, 0.25) is 0 Å². The number of carbonyl (C=O) groups is 1. The second kappa shape index (κ2) is 9.70. The second-order valence-corrected chi connectivity index (χ2v) is 5.69. The Labute approximate surface area is 139 Å². The third kappa shape index (κ3) is 5.85. The standard InChI is InChI=1S/C17H26N2O2.ClH/c1-3-12-21-16-7-4-15(5-8-16)6-9-17(20)19-11-10-18-14(2)13-19;/h4-5,7-8,14,18H,3,6,9-13H2,1-2H3;1H. The monoisotopic (exact) mass is 326 g/mol. The SMILES string of the molecule is CCCOc1ccc(CCC(=O)N2CCNC(C)C2)cc1.Cl. The fraction of sp³-hybridized carbons (Fsp3) is 0.588. The molecule has 0 saturated carbocycles. The van der Waals surface area contributed by atoms with Crippen LogP contribution >= 0.6 is 12.4 Å². The topological polar surface area (TPSA) is 41.6 Å². The maximum Gasteiger partial charge on any atom is 0.222 e. The molecule has 1 aliphatic heterocycles. The largest absolute Gasteiger partial charge is 0.494 e. The summed E-state index contributed by atoms with van der Waals surface area (Å²) in [4.78, 5) is 14.2. The van der Waals surface area contributed by atoms with Gasteiger partial charge in [-0.2, -0.15) is 0 Å². The Kier molecular flexibility index (Phi) is 8.28. The van der Waals surface area contributed by atoms with E-state index < -0.39 is 0 Å². The molecule has 1 aliphatic rings. The lowest BCUT2D eigenvalue weighted by Gasteiger charge is -2.32. The van der Waals surface area contributed by atoms with Crippen LogP contribution in [0.25, 0.3) is 0 Å². The molecule has 124 valence electrons. The molecular formula is C17H27ClN2O2. The molecule has 1 saturated heterocycles. The average Bonchev–Trinajstić information content (AvgIpc) is 2.51. The van der Waals surface area contributed by atoms with Gasteiger partial charge in [-0.15, -0.1) is 12.4 Å². The molecule has 0 radical (unpaired) electrons. The third-order valence-electron chi connectivity index (χ3n) is 3.75. The third-order valence-corrected chi connectivity index (χ3v) is 3.75. The first-order chi connectivity index (χ1) is 10.2. The van der Waals surface area contributed by atoms with Crippen molar-refractivity contribution in [1.82, 2.24) is 10.2 Å². The quantitative estimate of drug-likeness (QED) is 0.874. The zero-order chi connectivity index (χ0) is 15.1. The van der Waals surface area contributed by atoms with Crippen LogP contribution in [-0.4, -0.2) is 43.1 Å². The van der Waals surface area contributed by atoms with E-state index in [1.54, 1.807) is 0 Å². The molecule has 22 heavy (non-hydrogen) atoms. The highest BCUT2D eigenvalue weighted by Gasteiger charge is 2.19. The van der Waals surface area contributed by atoms with Crippen LogP contribution in [0.3, 0.4) is 0 Å². The van der Waals surface area contributed by atoms with Crippen molar-refractivity contribution >= 4 is 18.3 Å². The number of piperazine rings is 1. The molecule has 5 heteroatoms. The maximum absolute atomic E-state index is 12.2. The fourth-order valence-electron chi connectivity index (χ4n) is 2.54. The zero-order valence-electron chi connectivity index (χ0n) is 13.5. The molecule has 2 rings (SSSR count). The predicted octanol–water partition coefficient (Wildman–Crippen LogP) is 2.65. The second-order valence-electron chi connectivity index (χ2n) is 5.69.